The molecule has 0 unspecified atom stereocenters. The summed E-state index contributed by atoms with van der Waals surface area (Å²) in [6, 6.07) is 4.59. The van der Waals surface area contributed by atoms with Crippen LogP contribution >= 0.6 is 0 Å². The summed E-state index contributed by atoms with van der Waals surface area (Å²) in [6.45, 7) is 2.02. The number of nitrogens with zero attached hydrogens (tertiary/aromatic N) is 2. The number of ether oxygens (including phenoxy) is 1. The fraction of sp³-hybridized carbons (Fsp3) is 0.545. The molecule has 0 bridgehead atoms. The first kappa shape index (κ1) is 22.0. The van der Waals surface area contributed by atoms with Gasteiger partial charge in [0.05, 0.1) is 16.5 Å². The molecule has 2 saturated heterocycles. The molecular weight excluding hydrogens is 418 g/mol. The normalized spacial score (nSPS) is 20.6. The number of aromatic nitrogens is 1. The highest BCUT2D eigenvalue weighted by molar-refractivity contribution is 7.89. The fourth-order valence-corrected chi connectivity index (χ4v) is 5.88. The molecule has 1 atom stereocenters. The van der Waals surface area contributed by atoms with Gasteiger partial charge in [0.2, 0.25) is 15.5 Å². The number of carbonyl (C=O) groups excluding carboxylic acids is 1. The Morgan fingerprint density at radius 3 is 2.58 bits per heavy atom. The van der Waals surface area contributed by atoms with Gasteiger partial charge in [-0.3, -0.25) is 9.59 Å². The molecule has 3 heterocycles. The van der Waals surface area contributed by atoms with Gasteiger partial charge in [0.15, 0.2) is 0 Å². The van der Waals surface area contributed by atoms with Gasteiger partial charge in [-0.2, -0.15) is 4.31 Å². The van der Waals surface area contributed by atoms with Crippen molar-refractivity contribution in [3.63, 3.8) is 0 Å². The minimum Gasteiger partial charge on any atom is -0.376 e. The number of sulfonamides is 1. The molecule has 0 radical (unpaired) electrons. The number of amides is 1. The first-order chi connectivity index (χ1) is 14.9. The zero-order chi connectivity index (χ0) is 22.0. The van der Waals surface area contributed by atoms with Crippen molar-refractivity contribution >= 4 is 26.8 Å². The summed E-state index contributed by atoms with van der Waals surface area (Å²) in [6.07, 6.45) is 7.04. The Balaban J connectivity index is 1.67. The van der Waals surface area contributed by atoms with Crippen LogP contribution in [0.5, 0.6) is 0 Å². The molecule has 31 heavy (non-hydrogen) atoms. The second-order valence-electron chi connectivity index (χ2n) is 8.33. The Morgan fingerprint density at radius 1 is 1.16 bits per heavy atom. The van der Waals surface area contributed by atoms with E-state index in [4.69, 9.17) is 4.74 Å². The average molecular weight is 448 g/mol. The summed E-state index contributed by atoms with van der Waals surface area (Å²) in [5.74, 6) is -0.473. The summed E-state index contributed by atoms with van der Waals surface area (Å²) in [5, 5.41) is 3.00. The number of benzene rings is 1. The third-order valence-electron chi connectivity index (χ3n) is 6.12. The van der Waals surface area contributed by atoms with Gasteiger partial charge in [0.25, 0.3) is 5.91 Å². The van der Waals surface area contributed by atoms with Crippen molar-refractivity contribution in [1.82, 2.24) is 14.2 Å². The zero-order valence-corrected chi connectivity index (χ0v) is 18.6. The maximum Gasteiger partial charge on any atom is 0.256 e. The van der Waals surface area contributed by atoms with Crippen LogP contribution in [0.1, 0.15) is 48.9 Å². The lowest BCUT2D eigenvalue weighted by Gasteiger charge is -2.20. The topological polar surface area (TPSA) is 97.7 Å². The molecule has 0 aliphatic carbocycles. The third kappa shape index (κ3) is 4.53. The Morgan fingerprint density at radius 2 is 1.90 bits per heavy atom. The minimum absolute atomic E-state index is 0.00248. The number of fused-ring (bicyclic) bond motifs is 1. The van der Waals surface area contributed by atoms with Crippen LogP contribution in [0, 0.1) is 0 Å². The van der Waals surface area contributed by atoms with Crippen LogP contribution in [0.3, 0.4) is 0 Å². The smallest absolute Gasteiger partial charge is 0.256 e. The molecule has 2 aliphatic heterocycles. The summed E-state index contributed by atoms with van der Waals surface area (Å²) >= 11 is 0. The van der Waals surface area contributed by atoms with Crippen molar-refractivity contribution < 1.29 is 17.9 Å². The van der Waals surface area contributed by atoms with Crippen LogP contribution in [-0.2, 0) is 21.8 Å². The number of hydrogen-bond acceptors (Lipinski definition) is 5. The number of rotatable bonds is 5. The number of carbonyl (C=O) groups is 1. The van der Waals surface area contributed by atoms with E-state index in [1.54, 1.807) is 23.7 Å². The number of hydrogen-bond donors (Lipinski definition) is 1. The van der Waals surface area contributed by atoms with Gasteiger partial charge in [-0.25, -0.2) is 8.42 Å². The maximum absolute atomic E-state index is 13.2. The average Bonchev–Trinajstić information content (AvgIpc) is 3.13. The molecule has 1 amide bonds. The summed E-state index contributed by atoms with van der Waals surface area (Å²) in [4.78, 5) is 25.9. The Kier molecular flexibility index (Phi) is 6.45. The highest BCUT2D eigenvalue weighted by atomic mass is 32.2. The molecule has 168 valence electrons. The van der Waals surface area contributed by atoms with E-state index in [1.807, 2.05) is 0 Å². The second kappa shape index (κ2) is 9.10. The molecule has 1 N–H and O–H groups in total. The lowest BCUT2D eigenvalue weighted by Crippen LogP contribution is -2.35. The number of pyridine rings is 1. The zero-order valence-electron chi connectivity index (χ0n) is 17.8. The first-order valence-corrected chi connectivity index (χ1v) is 12.4. The van der Waals surface area contributed by atoms with E-state index in [1.165, 1.54) is 16.6 Å². The van der Waals surface area contributed by atoms with Gasteiger partial charge in [-0.1, -0.05) is 12.8 Å². The number of aryl methyl sites for hydroxylation is 1. The van der Waals surface area contributed by atoms with Crippen molar-refractivity contribution in [2.45, 2.75) is 49.5 Å². The predicted octanol–water partition coefficient (Wildman–Crippen LogP) is 2.01. The first-order valence-electron chi connectivity index (χ1n) is 10.9. The van der Waals surface area contributed by atoms with E-state index in [0.29, 0.717) is 31.8 Å². The fourth-order valence-electron chi connectivity index (χ4n) is 4.33. The molecule has 4 rings (SSSR count). The van der Waals surface area contributed by atoms with Crippen LogP contribution < -0.4 is 10.7 Å². The van der Waals surface area contributed by atoms with Crippen molar-refractivity contribution in [2.75, 3.05) is 26.2 Å². The highest BCUT2D eigenvalue weighted by Crippen LogP contribution is 2.23. The quantitative estimate of drug-likeness (QED) is 0.756. The predicted molar refractivity (Wildman–Crippen MR) is 118 cm³/mol. The van der Waals surface area contributed by atoms with Crippen molar-refractivity contribution in [3.8, 4) is 0 Å². The monoisotopic (exact) mass is 447 g/mol. The van der Waals surface area contributed by atoms with Gasteiger partial charge in [0, 0.05) is 44.9 Å². The number of nitrogens with one attached hydrogen (secondary N) is 1. The van der Waals surface area contributed by atoms with Crippen molar-refractivity contribution in [2.24, 2.45) is 7.05 Å². The van der Waals surface area contributed by atoms with Crippen molar-refractivity contribution in [3.05, 3.63) is 40.2 Å². The lowest BCUT2D eigenvalue weighted by molar-refractivity contribution is 0.0856. The van der Waals surface area contributed by atoms with Crippen LogP contribution in [0.2, 0.25) is 0 Å². The molecule has 2 aromatic rings. The largest absolute Gasteiger partial charge is 0.376 e. The summed E-state index contributed by atoms with van der Waals surface area (Å²) in [7, 11) is -1.96. The van der Waals surface area contributed by atoms with E-state index in [2.05, 4.69) is 5.32 Å². The third-order valence-corrected chi connectivity index (χ3v) is 8.02. The molecule has 2 aliphatic rings. The van der Waals surface area contributed by atoms with E-state index in [0.717, 1.165) is 38.5 Å². The molecule has 8 nitrogen and oxygen atoms in total. The second-order valence-corrected chi connectivity index (χ2v) is 10.3. The van der Waals surface area contributed by atoms with Gasteiger partial charge >= 0.3 is 0 Å². The summed E-state index contributed by atoms with van der Waals surface area (Å²) in [5.41, 5.74) is 0.110. The van der Waals surface area contributed by atoms with Gasteiger partial charge in [-0.15, -0.1) is 0 Å². The van der Waals surface area contributed by atoms with Crippen LogP contribution in [0.25, 0.3) is 10.9 Å². The molecular formula is C22H29N3O5S. The SMILES string of the molecule is Cn1cc(C(=O)NC[C@H]2CCCO2)c(=O)c2cc(S(=O)(=O)N3CCCCCC3)ccc21. The van der Waals surface area contributed by atoms with E-state index >= 15 is 0 Å². The Bertz CT molecular complexity index is 1130. The van der Waals surface area contributed by atoms with E-state index in [9.17, 15) is 18.0 Å². The molecule has 0 saturated carbocycles. The van der Waals surface area contributed by atoms with Crippen LogP contribution in [0.4, 0.5) is 0 Å². The van der Waals surface area contributed by atoms with Gasteiger partial charge in [-0.05, 0) is 43.9 Å². The Hall–Kier alpha value is -2.23. The van der Waals surface area contributed by atoms with Crippen LogP contribution in [0.15, 0.2) is 34.1 Å². The van der Waals surface area contributed by atoms with Gasteiger partial charge in [0.1, 0.15) is 5.56 Å². The van der Waals surface area contributed by atoms with Gasteiger partial charge < -0.3 is 14.6 Å². The molecule has 1 aromatic heterocycles. The van der Waals surface area contributed by atoms with Crippen LogP contribution in [-0.4, -0.2) is 55.5 Å². The highest BCUT2D eigenvalue weighted by Gasteiger charge is 2.26. The maximum atomic E-state index is 13.2. The molecule has 9 heteroatoms. The minimum atomic E-state index is -3.69. The molecule has 0 spiro atoms. The lowest BCUT2D eigenvalue weighted by atomic mass is 10.1. The van der Waals surface area contributed by atoms with E-state index in [-0.39, 0.29) is 21.9 Å². The Labute approximate surface area is 182 Å². The molecule has 2 fully saturated rings. The van der Waals surface area contributed by atoms with E-state index < -0.39 is 21.4 Å². The molecule has 1 aromatic carbocycles. The standard InChI is InChI=1S/C22H29N3O5S/c1-24-15-19(22(27)23-14-16-7-6-12-30-16)21(26)18-13-17(8-9-20(18)24)31(28,29)25-10-4-2-3-5-11-25/h8-9,13,15-16H,2-7,10-12,14H2,1H3,(H,23,27)/t16-/m1/s1. The summed E-state index contributed by atoms with van der Waals surface area (Å²) < 4.78 is 35.0. The van der Waals surface area contributed by atoms with Crippen molar-refractivity contribution in [1.29, 1.82) is 0 Å².